The molecule has 0 heterocycles. The molecular formula is C27H56O3S3. The van der Waals surface area contributed by atoms with Crippen LogP contribution in [0.1, 0.15) is 98.8 Å². The normalized spacial score (nSPS) is 20.7. The molecule has 33 heavy (non-hydrogen) atoms. The van der Waals surface area contributed by atoms with E-state index < -0.39 is 0 Å². The zero-order valence-electron chi connectivity index (χ0n) is 23.2. The summed E-state index contributed by atoms with van der Waals surface area (Å²) in [5.41, 5.74) is 0. The van der Waals surface area contributed by atoms with Crippen LogP contribution in [0.2, 0.25) is 0 Å². The van der Waals surface area contributed by atoms with Crippen LogP contribution in [0.15, 0.2) is 0 Å². The predicted molar refractivity (Wildman–Crippen MR) is 156 cm³/mol. The molecule has 1 fully saturated rings. The fourth-order valence-electron chi connectivity index (χ4n) is 3.44. The Balaban J connectivity index is 0. The van der Waals surface area contributed by atoms with Gasteiger partial charge in [0.05, 0.1) is 19.6 Å². The van der Waals surface area contributed by atoms with Gasteiger partial charge in [-0.05, 0) is 69.1 Å². The summed E-state index contributed by atoms with van der Waals surface area (Å²) in [6, 6.07) is 0. The van der Waals surface area contributed by atoms with Crippen molar-refractivity contribution in [1.29, 1.82) is 0 Å². The zero-order chi connectivity index (χ0) is 25.4. The highest BCUT2D eigenvalue weighted by atomic mass is 32.2. The molecule has 0 bridgehead atoms. The van der Waals surface area contributed by atoms with E-state index in [1.54, 1.807) is 11.8 Å². The molecule has 1 atom stereocenters. The van der Waals surface area contributed by atoms with Crippen molar-refractivity contribution in [1.82, 2.24) is 0 Å². The van der Waals surface area contributed by atoms with Gasteiger partial charge in [0, 0.05) is 22.9 Å². The molecule has 6 heteroatoms. The lowest BCUT2D eigenvalue weighted by molar-refractivity contribution is -0.143. The van der Waals surface area contributed by atoms with Gasteiger partial charge in [-0.3, -0.25) is 4.79 Å². The van der Waals surface area contributed by atoms with Gasteiger partial charge in [0.2, 0.25) is 0 Å². The SMILES string of the molecule is CCC(C)C1CCC(C)(SC)CC1.CCCCOC(=O)CCSC.CCCCOCCSC. The molecule has 0 saturated heterocycles. The second-order valence-corrected chi connectivity index (χ2v) is 12.5. The minimum absolute atomic E-state index is 0.0622. The van der Waals surface area contributed by atoms with Crippen LogP contribution in [0.25, 0.3) is 0 Å². The topological polar surface area (TPSA) is 35.5 Å². The first-order valence-electron chi connectivity index (χ1n) is 13.1. The summed E-state index contributed by atoms with van der Waals surface area (Å²) in [5.74, 6) is 3.90. The average molecular weight is 525 g/mol. The van der Waals surface area contributed by atoms with E-state index in [0.717, 1.165) is 49.4 Å². The standard InChI is InChI=1S/C12H24S.C8H16O2S.C7H16OS/c1-5-10(2)11-6-8-12(3,13-4)9-7-11;1-3-4-6-10-8(9)5-7-11-2;1-3-4-5-8-6-7-9-2/h10-11H,5-9H2,1-4H3;3-7H2,1-2H3;3-7H2,1-2H3. The van der Waals surface area contributed by atoms with Crippen LogP contribution in [0.3, 0.4) is 0 Å². The minimum atomic E-state index is -0.0622. The van der Waals surface area contributed by atoms with E-state index in [1.807, 2.05) is 18.0 Å². The summed E-state index contributed by atoms with van der Waals surface area (Å²) in [7, 11) is 0. The molecule has 1 rings (SSSR count). The maximum absolute atomic E-state index is 10.8. The van der Waals surface area contributed by atoms with Crippen LogP contribution < -0.4 is 0 Å². The molecule has 0 aromatic heterocycles. The van der Waals surface area contributed by atoms with Crippen LogP contribution in [0.5, 0.6) is 0 Å². The van der Waals surface area contributed by atoms with E-state index in [0.29, 0.717) is 17.8 Å². The van der Waals surface area contributed by atoms with E-state index in [9.17, 15) is 4.79 Å². The molecule has 0 spiro atoms. The lowest BCUT2D eigenvalue weighted by Crippen LogP contribution is -2.29. The monoisotopic (exact) mass is 524 g/mol. The van der Waals surface area contributed by atoms with Crippen molar-refractivity contribution in [2.75, 3.05) is 50.1 Å². The molecular weight excluding hydrogens is 468 g/mol. The summed E-state index contributed by atoms with van der Waals surface area (Å²) in [6.07, 6.45) is 18.6. The number of hydrogen-bond donors (Lipinski definition) is 0. The molecule has 1 aliphatic carbocycles. The van der Waals surface area contributed by atoms with Crippen LogP contribution in [-0.4, -0.2) is 60.8 Å². The van der Waals surface area contributed by atoms with Crippen molar-refractivity contribution in [2.45, 2.75) is 104 Å². The molecule has 1 unspecified atom stereocenters. The van der Waals surface area contributed by atoms with Crippen LogP contribution in [0.4, 0.5) is 0 Å². The third-order valence-electron chi connectivity index (χ3n) is 6.37. The Hall–Kier alpha value is 0.480. The molecule has 0 radical (unpaired) electrons. The third-order valence-corrected chi connectivity index (χ3v) is 8.96. The highest BCUT2D eigenvalue weighted by molar-refractivity contribution is 8.00. The van der Waals surface area contributed by atoms with Gasteiger partial charge in [0.1, 0.15) is 0 Å². The predicted octanol–water partition coefficient (Wildman–Crippen LogP) is 8.59. The zero-order valence-corrected chi connectivity index (χ0v) is 25.7. The Kier molecular flexibility index (Phi) is 27.6. The van der Waals surface area contributed by atoms with Crippen molar-refractivity contribution in [2.24, 2.45) is 11.8 Å². The summed E-state index contributed by atoms with van der Waals surface area (Å²) in [6.45, 7) is 13.9. The summed E-state index contributed by atoms with van der Waals surface area (Å²) < 4.78 is 10.8. The number of thioether (sulfide) groups is 3. The maximum atomic E-state index is 10.8. The molecule has 1 aliphatic rings. The fourth-order valence-corrected chi connectivity index (χ4v) is 4.74. The molecule has 0 aromatic rings. The number of carbonyl (C=O) groups is 1. The molecule has 0 aromatic carbocycles. The van der Waals surface area contributed by atoms with E-state index in [4.69, 9.17) is 9.47 Å². The van der Waals surface area contributed by atoms with Crippen LogP contribution in [0, 0.1) is 11.8 Å². The van der Waals surface area contributed by atoms with E-state index in [2.05, 4.69) is 58.9 Å². The van der Waals surface area contributed by atoms with E-state index in [-0.39, 0.29) is 5.97 Å². The highest BCUT2D eigenvalue weighted by Crippen LogP contribution is 2.42. The van der Waals surface area contributed by atoms with Gasteiger partial charge < -0.3 is 9.47 Å². The molecule has 0 N–H and O–H groups in total. The smallest absolute Gasteiger partial charge is 0.306 e. The van der Waals surface area contributed by atoms with Crippen LogP contribution in [-0.2, 0) is 14.3 Å². The van der Waals surface area contributed by atoms with Gasteiger partial charge in [-0.1, -0.05) is 53.9 Å². The summed E-state index contributed by atoms with van der Waals surface area (Å²) in [4.78, 5) is 10.8. The first-order chi connectivity index (χ1) is 15.8. The highest BCUT2D eigenvalue weighted by Gasteiger charge is 2.31. The van der Waals surface area contributed by atoms with E-state index >= 15 is 0 Å². The molecule has 1 saturated carbocycles. The average Bonchev–Trinajstić information content (AvgIpc) is 2.83. The van der Waals surface area contributed by atoms with Crippen molar-refractivity contribution < 1.29 is 14.3 Å². The first-order valence-corrected chi connectivity index (χ1v) is 17.1. The van der Waals surface area contributed by atoms with Gasteiger partial charge >= 0.3 is 5.97 Å². The number of rotatable bonds is 15. The number of ether oxygens (including phenoxy) is 2. The Morgan fingerprint density at radius 2 is 1.52 bits per heavy atom. The molecule has 3 nitrogen and oxygen atoms in total. The lowest BCUT2D eigenvalue weighted by atomic mass is 9.76. The van der Waals surface area contributed by atoms with Gasteiger partial charge in [0.15, 0.2) is 0 Å². The largest absolute Gasteiger partial charge is 0.466 e. The van der Waals surface area contributed by atoms with Gasteiger partial charge in [-0.15, -0.1) is 0 Å². The Morgan fingerprint density at radius 3 is 2.00 bits per heavy atom. The summed E-state index contributed by atoms with van der Waals surface area (Å²) >= 11 is 5.57. The maximum Gasteiger partial charge on any atom is 0.306 e. The first kappa shape index (κ1) is 35.6. The van der Waals surface area contributed by atoms with Crippen molar-refractivity contribution in [3.05, 3.63) is 0 Å². The van der Waals surface area contributed by atoms with Crippen molar-refractivity contribution in [3.63, 3.8) is 0 Å². The quantitative estimate of drug-likeness (QED) is 0.158. The Labute approximate surface area is 220 Å². The molecule has 200 valence electrons. The Bertz CT molecular complexity index is 407. The van der Waals surface area contributed by atoms with Crippen LogP contribution >= 0.6 is 35.3 Å². The number of hydrogen-bond acceptors (Lipinski definition) is 6. The second kappa shape index (κ2) is 25.6. The van der Waals surface area contributed by atoms with E-state index in [1.165, 1.54) is 44.9 Å². The molecule has 0 amide bonds. The van der Waals surface area contributed by atoms with Gasteiger partial charge in [0.25, 0.3) is 0 Å². The summed E-state index contributed by atoms with van der Waals surface area (Å²) in [5, 5.41) is 0. The van der Waals surface area contributed by atoms with Gasteiger partial charge in [-0.25, -0.2) is 0 Å². The van der Waals surface area contributed by atoms with Gasteiger partial charge in [-0.2, -0.15) is 35.3 Å². The molecule has 0 aliphatic heterocycles. The third kappa shape index (κ3) is 22.7. The van der Waals surface area contributed by atoms with Crippen molar-refractivity contribution in [3.8, 4) is 0 Å². The lowest BCUT2D eigenvalue weighted by Gasteiger charge is -2.38. The van der Waals surface area contributed by atoms with Crippen molar-refractivity contribution >= 4 is 41.3 Å². The number of carbonyl (C=O) groups excluding carboxylic acids is 1. The Morgan fingerprint density at radius 1 is 0.939 bits per heavy atom. The minimum Gasteiger partial charge on any atom is -0.466 e. The number of unbranched alkanes of at least 4 members (excludes halogenated alkanes) is 2. The fraction of sp³-hybridized carbons (Fsp3) is 0.963. The second-order valence-electron chi connectivity index (χ2n) is 9.15. The number of esters is 1.